The predicted octanol–water partition coefficient (Wildman–Crippen LogP) is 1.66. The number of hydrogen-bond donors (Lipinski definition) is 0. The summed E-state index contributed by atoms with van der Waals surface area (Å²) in [7, 11) is 0. The fourth-order valence-electron chi connectivity index (χ4n) is 4.33. The fourth-order valence-corrected chi connectivity index (χ4v) is 4.33. The molecule has 0 amide bonds. The summed E-state index contributed by atoms with van der Waals surface area (Å²) in [6.07, 6.45) is 2.07. The minimum Gasteiger partial charge on any atom is -0.376 e. The van der Waals surface area contributed by atoms with Gasteiger partial charge in [0.15, 0.2) is 0 Å². The summed E-state index contributed by atoms with van der Waals surface area (Å²) in [5.74, 6) is 0.835. The lowest BCUT2D eigenvalue weighted by Gasteiger charge is -2.26. The maximum Gasteiger partial charge on any atom is 0.246 e. The zero-order valence-corrected chi connectivity index (χ0v) is 13.8. The molecule has 4 heterocycles. The number of nitrogens with zero attached hydrogens (tertiary/aromatic N) is 5. The first-order valence-corrected chi connectivity index (χ1v) is 8.64. The van der Waals surface area contributed by atoms with Crippen LogP contribution in [0.15, 0.2) is 24.3 Å². The summed E-state index contributed by atoms with van der Waals surface area (Å²) in [4.78, 5) is 2.26. The molecule has 7 nitrogen and oxygen atoms in total. The molecule has 5 rings (SSSR count). The van der Waals surface area contributed by atoms with Gasteiger partial charge in [-0.15, -0.1) is 0 Å². The molecule has 0 bridgehead atoms. The summed E-state index contributed by atoms with van der Waals surface area (Å²) >= 11 is 0. The monoisotopic (exact) mass is 327 g/mol. The van der Waals surface area contributed by atoms with Crippen molar-refractivity contribution in [2.45, 2.75) is 44.1 Å². The highest BCUT2D eigenvalue weighted by Crippen LogP contribution is 2.44. The van der Waals surface area contributed by atoms with Gasteiger partial charge in [0.25, 0.3) is 0 Å². The topological polar surface area (TPSA) is 65.3 Å². The maximum atomic E-state index is 6.24. The van der Waals surface area contributed by atoms with Crippen molar-refractivity contribution in [3.8, 4) is 0 Å². The van der Waals surface area contributed by atoms with Crippen molar-refractivity contribution in [2.75, 3.05) is 24.6 Å². The molecular weight excluding hydrogens is 306 g/mol. The quantitative estimate of drug-likeness (QED) is 0.836. The Morgan fingerprint density at radius 2 is 2.21 bits per heavy atom. The lowest BCUT2D eigenvalue weighted by molar-refractivity contribution is -0.0206. The van der Waals surface area contributed by atoms with Gasteiger partial charge in [-0.1, -0.05) is 29.4 Å². The second-order valence-corrected chi connectivity index (χ2v) is 6.97. The Kier molecular flexibility index (Phi) is 3.14. The van der Waals surface area contributed by atoms with E-state index in [-0.39, 0.29) is 17.7 Å². The summed E-state index contributed by atoms with van der Waals surface area (Å²) in [6.45, 7) is 5.25. The Balaban J connectivity index is 1.44. The van der Waals surface area contributed by atoms with Crippen LogP contribution in [0.1, 0.15) is 36.9 Å². The molecular formula is C17H21N5O2. The van der Waals surface area contributed by atoms with Gasteiger partial charge in [0.2, 0.25) is 5.95 Å². The van der Waals surface area contributed by atoms with Crippen LogP contribution in [0.3, 0.4) is 0 Å². The van der Waals surface area contributed by atoms with Crippen molar-refractivity contribution in [1.29, 1.82) is 0 Å². The minimum absolute atomic E-state index is 0.146. The van der Waals surface area contributed by atoms with Gasteiger partial charge < -0.3 is 14.4 Å². The van der Waals surface area contributed by atoms with Crippen molar-refractivity contribution in [3.63, 3.8) is 0 Å². The van der Waals surface area contributed by atoms with Crippen LogP contribution in [-0.4, -0.2) is 46.0 Å². The van der Waals surface area contributed by atoms with E-state index in [0.717, 1.165) is 38.5 Å². The van der Waals surface area contributed by atoms with Crippen LogP contribution in [0.2, 0.25) is 0 Å². The third kappa shape index (κ3) is 2.01. The number of aromatic nitrogens is 4. The van der Waals surface area contributed by atoms with E-state index >= 15 is 0 Å². The Labute approximate surface area is 140 Å². The third-order valence-corrected chi connectivity index (χ3v) is 5.65. The molecule has 7 heteroatoms. The summed E-state index contributed by atoms with van der Waals surface area (Å²) in [5, 5.41) is 12.5. The van der Waals surface area contributed by atoms with Gasteiger partial charge in [-0.2, -0.15) is 0 Å². The highest BCUT2D eigenvalue weighted by molar-refractivity contribution is 5.42. The number of ether oxygens (including phenoxy) is 2. The first-order chi connectivity index (χ1) is 11.8. The van der Waals surface area contributed by atoms with Crippen molar-refractivity contribution in [2.24, 2.45) is 0 Å². The van der Waals surface area contributed by atoms with Crippen LogP contribution in [0, 0.1) is 0 Å². The number of fused-ring (bicyclic) bond motifs is 2. The van der Waals surface area contributed by atoms with Crippen molar-refractivity contribution < 1.29 is 9.47 Å². The van der Waals surface area contributed by atoms with Crippen molar-refractivity contribution >= 4 is 5.95 Å². The lowest BCUT2D eigenvalue weighted by atomic mass is 9.92. The number of benzene rings is 1. The van der Waals surface area contributed by atoms with Crippen LogP contribution < -0.4 is 4.90 Å². The van der Waals surface area contributed by atoms with Gasteiger partial charge in [-0.25, -0.2) is 4.68 Å². The lowest BCUT2D eigenvalue weighted by Crippen LogP contribution is -2.33. The molecule has 0 radical (unpaired) electrons. The van der Waals surface area contributed by atoms with E-state index < -0.39 is 0 Å². The Morgan fingerprint density at radius 3 is 3.08 bits per heavy atom. The van der Waals surface area contributed by atoms with Gasteiger partial charge in [0.1, 0.15) is 5.60 Å². The van der Waals surface area contributed by atoms with E-state index in [1.807, 2.05) is 4.68 Å². The number of tetrazole rings is 1. The molecule has 3 aliphatic heterocycles. The van der Waals surface area contributed by atoms with Gasteiger partial charge in [0, 0.05) is 13.2 Å². The Hall–Kier alpha value is -1.99. The van der Waals surface area contributed by atoms with Crippen molar-refractivity contribution in [3.05, 3.63) is 35.4 Å². The maximum absolute atomic E-state index is 6.24. The van der Waals surface area contributed by atoms with Crippen LogP contribution in [-0.2, 0) is 21.7 Å². The molecule has 1 aromatic carbocycles. The summed E-state index contributed by atoms with van der Waals surface area (Å²) in [5.41, 5.74) is 2.41. The molecule has 24 heavy (non-hydrogen) atoms. The largest absolute Gasteiger partial charge is 0.376 e. The molecule has 3 atom stereocenters. The summed E-state index contributed by atoms with van der Waals surface area (Å²) < 4.78 is 13.9. The van der Waals surface area contributed by atoms with Gasteiger partial charge in [-0.05, 0) is 41.3 Å². The van der Waals surface area contributed by atoms with Crippen molar-refractivity contribution in [1.82, 2.24) is 20.2 Å². The van der Waals surface area contributed by atoms with E-state index in [2.05, 4.69) is 51.6 Å². The molecule has 2 fully saturated rings. The fraction of sp³-hybridized carbons (Fsp3) is 0.588. The second-order valence-electron chi connectivity index (χ2n) is 6.97. The first-order valence-electron chi connectivity index (χ1n) is 8.64. The highest BCUT2D eigenvalue weighted by Gasteiger charge is 2.47. The molecule has 1 unspecified atom stereocenters. The molecule has 2 saturated heterocycles. The second kappa shape index (κ2) is 5.26. The number of hydrogen-bond acceptors (Lipinski definition) is 6. The van der Waals surface area contributed by atoms with Gasteiger partial charge >= 0.3 is 0 Å². The predicted molar refractivity (Wildman–Crippen MR) is 86.6 cm³/mol. The van der Waals surface area contributed by atoms with E-state index in [4.69, 9.17) is 9.47 Å². The average molecular weight is 327 g/mol. The highest BCUT2D eigenvalue weighted by atomic mass is 16.5. The van der Waals surface area contributed by atoms with Crippen LogP contribution in [0.4, 0.5) is 5.95 Å². The van der Waals surface area contributed by atoms with Crippen LogP contribution in [0.5, 0.6) is 0 Å². The Morgan fingerprint density at radius 1 is 1.29 bits per heavy atom. The molecule has 0 N–H and O–H groups in total. The van der Waals surface area contributed by atoms with E-state index in [0.29, 0.717) is 6.61 Å². The smallest absolute Gasteiger partial charge is 0.246 e. The number of anilines is 1. The molecule has 3 aliphatic rings. The minimum atomic E-state index is -0.217. The number of rotatable bonds is 2. The SMILES string of the molecule is C[C@H]1OCC[C@H]1n1nnnc1N1CCC2(C1)OCc1ccccc12. The van der Waals surface area contributed by atoms with Gasteiger partial charge in [-0.3, -0.25) is 0 Å². The first kappa shape index (κ1) is 14.4. The zero-order valence-electron chi connectivity index (χ0n) is 13.8. The molecule has 1 aromatic heterocycles. The van der Waals surface area contributed by atoms with E-state index in [1.54, 1.807) is 0 Å². The van der Waals surface area contributed by atoms with E-state index in [9.17, 15) is 0 Å². The molecule has 0 saturated carbocycles. The Bertz CT molecular complexity index is 763. The zero-order chi connectivity index (χ0) is 16.1. The van der Waals surface area contributed by atoms with Crippen LogP contribution >= 0.6 is 0 Å². The third-order valence-electron chi connectivity index (χ3n) is 5.65. The molecule has 2 aromatic rings. The van der Waals surface area contributed by atoms with Gasteiger partial charge in [0.05, 0.1) is 25.3 Å². The molecule has 126 valence electrons. The standard InChI is InChI=1S/C17H21N5O2/c1-12-15(6-9-23-12)22-16(18-19-20-22)21-8-7-17(11-21)14-5-3-2-4-13(14)10-24-17/h2-5,12,15H,6-11H2,1H3/t12-,15-,17?/m1/s1. The average Bonchev–Trinajstić information content (AvgIpc) is 3.36. The van der Waals surface area contributed by atoms with Crippen LogP contribution in [0.25, 0.3) is 0 Å². The van der Waals surface area contributed by atoms with E-state index in [1.165, 1.54) is 11.1 Å². The summed E-state index contributed by atoms with van der Waals surface area (Å²) in [6, 6.07) is 8.74. The molecule has 0 aliphatic carbocycles. The molecule has 1 spiro atoms. The normalized spacial score (nSPS) is 32.0.